The highest BCUT2D eigenvalue weighted by atomic mass is 79.9. The van der Waals surface area contributed by atoms with Crippen molar-refractivity contribution < 1.29 is 0 Å². The minimum absolute atomic E-state index is 0.263. The van der Waals surface area contributed by atoms with Crippen molar-refractivity contribution in [3.63, 3.8) is 0 Å². The normalized spacial score (nSPS) is 15.0. The van der Waals surface area contributed by atoms with Crippen LogP contribution in [0.4, 0.5) is 0 Å². The van der Waals surface area contributed by atoms with E-state index in [1.807, 2.05) is 0 Å². The van der Waals surface area contributed by atoms with Crippen LogP contribution in [0.5, 0.6) is 0 Å². The van der Waals surface area contributed by atoms with Crippen LogP contribution >= 0.6 is 15.9 Å². The van der Waals surface area contributed by atoms with E-state index in [1.165, 1.54) is 41.5 Å². The monoisotopic (exact) mass is 344 g/mol. The average molecular weight is 345 g/mol. The molecule has 110 valence electrons. The number of aryl methyl sites for hydroxylation is 2. The zero-order valence-electron chi connectivity index (χ0n) is 12.1. The van der Waals surface area contributed by atoms with Gasteiger partial charge in [0.15, 0.2) is 0 Å². The summed E-state index contributed by atoms with van der Waals surface area (Å²) in [6.07, 6.45) is 5.68. The molecule has 3 N–H and O–H groups in total. The fraction of sp³-hybridized carbons (Fsp3) is 0.333. The molecule has 0 aromatic heterocycles. The van der Waals surface area contributed by atoms with Crippen molar-refractivity contribution in [2.24, 2.45) is 5.84 Å². The quantitative estimate of drug-likeness (QED) is 0.642. The summed E-state index contributed by atoms with van der Waals surface area (Å²) >= 11 is 3.52. The second kappa shape index (κ2) is 6.73. The lowest BCUT2D eigenvalue weighted by Gasteiger charge is -2.17. The van der Waals surface area contributed by atoms with Crippen LogP contribution in [0.15, 0.2) is 46.9 Å². The minimum Gasteiger partial charge on any atom is -0.271 e. The van der Waals surface area contributed by atoms with E-state index in [1.54, 1.807) is 0 Å². The maximum absolute atomic E-state index is 5.76. The highest BCUT2D eigenvalue weighted by Gasteiger charge is 2.13. The molecule has 0 radical (unpaired) electrons. The molecule has 2 aromatic rings. The van der Waals surface area contributed by atoms with Gasteiger partial charge in [-0.2, -0.15) is 0 Å². The number of hydrazine groups is 1. The van der Waals surface area contributed by atoms with Gasteiger partial charge in [-0.15, -0.1) is 0 Å². The number of nitrogens with one attached hydrogen (secondary N) is 1. The molecule has 0 heterocycles. The fourth-order valence-corrected chi connectivity index (χ4v) is 3.62. The van der Waals surface area contributed by atoms with Gasteiger partial charge in [0.1, 0.15) is 0 Å². The number of nitrogens with two attached hydrogens (primary N) is 1. The number of rotatable bonds is 5. The molecule has 2 aromatic carbocycles. The van der Waals surface area contributed by atoms with Gasteiger partial charge in [0.05, 0.1) is 0 Å². The molecule has 0 aliphatic heterocycles. The Balaban J connectivity index is 1.69. The van der Waals surface area contributed by atoms with Gasteiger partial charge in [-0.05, 0) is 66.5 Å². The molecule has 2 nitrogen and oxygen atoms in total. The molecule has 3 rings (SSSR count). The molecular weight excluding hydrogens is 324 g/mol. The summed E-state index contributed by atoms with van der Waals surface area (Å²) in [5.41, 5.74) is 8.72. The molecule has 1 atom stereocenters. The third-order valence-electron chi connectivity index (χ3n) is 4.25. The van der Waals surface area contributed by atoms with Gasteiger partial charge in [0.25, 0.3) is 0 Å². The summed E-state index contributed by atoms with van der Waals surface area (Å²) < 4.78 is 1.12. The lowest BCUT2D eigenvalue weighted by Crippen LogP contribution is -2.38. The van der Waals surface area contributed by atoms with Gasteiger partial charge in [-0.25, -0.2) is 0 Å². The maximum atomic E-state index is 5.76. The first kappa shape index (κ1) is 14.8. The Bertz CT molecular complexity index is 624. The Morgan fingerprint density at radius 2 is 1.76 bits per heavy atom. The first-order valence-electron chi connectivity index (χ1n) is 7.56. The van der Waals surface area contributed by atoms with Crippen molar-refractivity contribution in [2.45, 2.75) is 38.1 Å². The van der Waals surface area contributed by atoms with Crippen LogP contribution in [0.2, 0.25) is 0 Å². The summed E-state index contributed by atoms with van der Waals surface area (Å²) in [5.74, 6) is 5.76. The Morgan fingerprint density at radius 3 is 2.52 bits per heavy atom. The van der Waals surface area contributed by atoms with Crippen LogP contribution in [0, 0.1) is 0 Å². The van der Waals surface area contributed by atoms with Gasteiger partial charge in [0, 0.05) is 10.5 Å². The number of fused-ring (bicyclic) bond motifs is 1. The maximum Gasteiger partial charge on any atom is 0.0291 e. The van der Waals surface area contributed by atoms with Crippen molar-refractivity contribution in [1.29, 1.82) is 0 Å². The molecule has 0 saturated carbocycles. The fourth-order valence-electron chi connectivity index (χ4n) is 3.18. The second-order valence-corrected chi connectivity index (χ2v) is 6.77. The highest BCUT2D eigenvalue weighted by Crippen LogP contribution is 2.23. The average Bonchev–Trinajstić information content (AvgIpc) is 2.94. The Labute approximate surface area is 134 Å². The SMILES string of the molecule is NNC(Cc1cccc(Br)c1)Cc1ccc2c(c1)CCC2. The van der Waals surface area contributed by atoms with Gasteiger partial charge >= 0.3 is 0 Å². The predicted octanol–water partition coefficient (Wildman–Crippen LogP) is 3.55. The van der Waals surface area contributed by atoms with E-state index < -0.39 is 0 Å². The van der Waals surface area contributed by atoms with Crippen LogP contribution in [0.3, 0.4) is 0 Å². The van der Waals surface area contributed by atoms with E-state index >= 15 is 0 Å². The molecule has 1 unspecified atom stereocenters. The molecule has 21 heavy (non-hydrogen) atoms. The third-order valence-corrected chi connectivity index (χ3v) is 4.75. The zero-order chi connectivity index (χ0) is 14.7. The van der Waals surface area contributed by atoms with Crippen molar-refractivity contribution in [2.75, 3.05) is 0 Å². The molecule has 1 aliphatic carbocycles. The second-order valence-electron chi connectivity index (χ2n) is 5.86. The van der Waals surface area contributed by atoms with Crippen LogP contribution in [0.1, 0.15) is 28.7 Å². The smallest absolute Gasteiger partial charge is 0.0291 e. The number of benzene rings is 2. The minimum atomic E-state index is 0.263. The third kappa shape index (κ3) is 3.73. The zero-order valence-corrected chi connectivity index (χ0v) is 13.7. The summed E-state index contributed by atoms with van der Waals surface area (Å²) in [6.45, 7) is 0. The predicted molar refractivity (Wildman–Crippen MR) is 91.1 cm³/mol. The molecule has 0 fully saturated rings. The lowest BCUT2D eigenvalue weighted by molar-refractivity contribution is 0.522. The molecule has 0 bridgehead atoms. The van der Waals surface area contributed by atoms with E-state index in [0.717, 1.165) is 17.3 Å². The van der Waals surface area contributed by atoms with Gasteiger partial charge in [-0.1, -0.05) is 46.3 Å². The topological polar surface area (TPSA) is 38.0 Å². The lowest BCUT2D eigenvalue weighted by atomic mass is 9.97. The number of hydrogen-bond donors (Lipinski definition) is 2. The summed E-state index contributed by atoms with van der Waals surface area (Å²) in [7, 11) is 0. The van der Waals surface area contributed by atoms with Gasteiger partial charge < -0.3 is 0 Å². The molecule has 0 spiro atoms. The molecule has 3 heteroatoms. The van der Waals surface area contributed by atoms with Gasteiger partial charge in [0.2, 0.25) is 0 Å². The standard InChI is InChI=1S/C18H21BrN2/c19-17-6-1-3-13(10-17)11-18(21-20)12-14-7-8-15-4-2-5-16(15)9-14/h1,3,6-10,18,21H,2,4-5,11-12,20H2. The van der Waals surface area contributed by atoms with E-state index in [9.17, 15) is 0 Å². The van der Waals surface area contributed by atoms with Crippen LogP contribution in [-0.4, -0.2) is 6.04 Å². The summed E-state index contributed by atoms with van der Waals surface area (Å²) in [6, 6.07) is 15.6. The first-order chi connectivity index (χ1) is 10.2. The van der Waals surface area contributed by atoms with Crippen LogP contribution in [0.25, 0.3) is 0 Å². The van der Waals surface area contributed by atoms with Crippen molar-refractivity contribution >= 4 is 15.9 Å². The summed E-state index contributed by atoms with van der Waals surface area (Å²) in [5, 5.41) is 0. The molecule has 0 saturated heterocycles. The highest BCUT2D eigenvalue weighted by molar-refractivity contribution is 9.10. The number of hydrogen-bond acceptors (Lipinski definition) is 2. The van der Waals surface area contributed by atoms with E-state index in [0.29, 0.717) is 0 Å². The van der Waals surface area contributed by atoms with Gasteiger partial charge in [-0.3, -0.25) is 11.3 Å². The Kier molecular flexibility index (Phi) is 4.73. The van der Waals surface area contributed by atoms with E-state index in [2.05, 4.69) is 63.8 Å². The molecule has 1 aliphatic rings. The van der Waals surface area contributed by atoms with Crippen molar-refractivity contribution in [1.82, 2.24) is 5.43 Å². The largest absolute Gasteiger partial charge is 0.271 e. The number of halogens is 1. The summed E-state index contributed by atoms with van der Waals surface area (Å²) in [4.78, 5) is 0. The van der Waals surface area contributed by atoms with Crippen molar-refractivity contribution in [3.8, 4) is 0 Å². The first-order valence-corrected chi connectivity index (χ1v) is 8.35. The molecule has 0 amide bonds. The van der Waals surface area contributed by atoms with Crippen molar-refractivity contribution in [3.05, 3.63) is 69.2 Å². The van der Waals surface area contributed by atoms with E-state index in [-0.39, 0.29) is 6.04 Å². The molecular formula is C18H21BrN2. The Morgan fingerprint density at radius 1 is 1.00 bits per heavy atom. The van der Waals surface area contributed by atoms with E-state index in [4.69, 9.17) is 5.84 Å². The Hall–Kier alpha value is -1.16. The van der Waals surface area contributed by atoms with Crippen LogP contribution < -0.4 is 11.3 Å². The van der Waals surface area contributed by atoms with Crippen LogP contribution in [-0.2, 0) is 25.7 Å².